The third-order valence-electron chi connectivity index (χ3n) is 3.95. The molecule has 114 valence electrons. The molecule has 3 rings (SSSR count). The van der Waals surface area contributed by atoms with Crippen molar-refractivity contribution in [3.63, 3.8) is 0 Å². The molecule has 7 nitrogen and oxygen atoms in total. The van der Waals surface area contributed by atoms with Gasteiger partial charge in [-0.15, -0.1) is 0 Å². The molecule has 1 aliphatic carbocycles. The average molecular weight is 290 g/mol. The zero-order valence-electron chi connectivity index (χ0n) is 12.3. The van der Waals surface area contributed by atoms with Crippen molar-refractivity contribution in [3.8, 4) is 0 Å². The lowest BCUT2D eigenvalue weighted by Crippen LogP contribution is -2.42. The van der Waals surface area contributed by atoms with Gasteiger partial charge in [0.2, 0.25) is 5.95 Å². The molecule has 0 saturated heterocycles. The number of aromatic nitrogens is 4. The fraction of sp³-hybridized carbons (Fsp3) is 0.643. The first-order valence-corrected chi connectivity index (χ1v) is 7.66. The maximum atomic E-state index is 9.38. The molecular weight excluding hydrogens is 268 g/mol. The Kier molecular flexibility index (Phi) is 4.19. The predicted octanol–water partition coefficient (Wildman–Crippen LogP) is 1.53. The summed E-state index contributed by atoms with van der Waals surface area (Å²) in [6.07, 6.45) is 6.33. The molecule has 0 bridgehead atoms. The van der Waals surface area contributed by atoms with E-state index < -0.39 is 0 Å². The second kappa shape index (κ2) is 6.26. The maximum Gasteiger partial charge on any atom is 0.226 e. The van der Waals surface area contributed by atoms with Gasteiger partial charge in [-0.25, -0.2) is 0 Å². The van der Waals surface area contributed by atoms with Crippen molar-refractivity contribution in [2.75, 3.05) is 29.9 Å². The largest absolute Gasteiger partial charge is 0.395 e. The minimum absolute atomic E-state index is 0.123. The van der Waals surface area contributed by atoms with Crippen molar-refractivity contribution in [2.45, 2.75) is 38.6 Å². The van der Waals surface area contributed by atoms with Gasteiger partial charge in [0.15, 0.2) is 5.65 Å². The molecule has 21 heavy (non-hydrogen) atoms. The van der Waals surface area contributed by atoms with Crippen LogP contribution in [0.5, 0.6) is 0 Å². The molecule has 3 N–H and O–H groups in total. The first kappa shape index (κ1) is 14.1. The molecule has 0 spiro atoms. The third kappa shape index (κ3) is 2.78. The lowest BCUT2D eigenvalue weighted by molar-refractivity contribution is 0.283. The SMILES string of the molecule is CCCNc1nc(N(CCO)C2CCC2)c2cn[nH]c2n1. The highest BCUT2D eigenvalue weighted by molar-refractivity contribution is 5.87. The first-order chi connectivity index (χ1) is 10.3. The van der Waals surface area contributed by atoms with Gasteiger partial charge >= 0.3 is 0 Å². The van der Waals surface area contributed by atoms with E-state index in [-0.39, 0.29) is 6.61 Å². The van der Waals surface area contributed by atoms with Crippen molar-refractivity contribution >= 4 is 22.8 Å². The number of anilines is 2. The maximum absolute atomic E-state index is 9.38. The smallest absolute Gasteiger partial charge is 0.226 e. The summed E-state index contributed by atoms with van der Waals surface area (Å²) >= 11 is 0. The van der Waals surface area contributed by atoms with E-state index in [0.717, 1.165) is 42.7 Å². The molecule has 1 saturated carbocycles. The van der Waals surface area contributed by atoms with E-state index in [1.54, 1.807) is 6.20 Å². The van der Waals surface area contributed by atoms with Gasteiger partial charge in [-0.2, -0.15) is 15.1 Å². The Morgan fingerprint density at radius 1 is 1.43 bits per heavy atom. The number of nitrogens with zero attached hydrogens (tertiary/aromatic N) is 4. The molecular formula is C14H22N6O. The van der Waals surface area contributed by atoms with Gasteiger partial charge in [0.25, 0.3) is 0 Å². The van der Waals surface area contributed by atoms with Gasteiger partial charge in [-0.05, 0) is 25.7 Å². The molecule has 0 unspecified atom stereocenters. The molecule has 1 fully saturated rings. The highest BCUT2D eigenvalue weighted by atomic mass is 16.3. The zero-order valence-corrected chi connectivity index (χ0v) is 12.3. The van der Waals surface area contributed by atoms with Gasteiger partial charge in [0.05, 0.1) is 18.2 Å². The zero-order chi connectivity index (χ0) is 14.7. The van der Waals surface area contributed by atoms with Crippen LogP contribution in [0.25, 0.3) is 11.0 Å². The summed E-state index contributed by atoms with van der Waals surface area (Å²) in [4.78, 5) is 11.3. The second-order valence-electron chi connectivity index (χ2n) is 5.43. The summed E-state index contributed by atoms with van der Waals surface area (Å²) in [5, 5.41) is 20.5. The molecule has 2 aromatic rings. The number of hydrogen-bond donors (Lipinski definition) is 3. The van der Waals surface area contributed by atoms with Gasteiger partial charge in [0.1, 0.15) is 5.82 Å². The number of nitrogens with one attached hydrogen (secondary N) is 2. The van der Waals surface area contributed by atoms with Crippen LogP contribution >= 0.6 is 0 Å². The molecule has 0 aromatic carbocycles. The van der Waals surface area contributed by atoms with E-state index in [1.807, 2.05) is 0 Å². The third-order valence-corrected chi connectivity index (χ3v) is 3.95. The highest BCUT2D eigenvalue weighted by Gasteiger charge is 2.27. The molecule has 2 heterocycles. The van der Waals surface area contributed by atoms with Crippen LogP contribution in [0.15, 0.2) is 6.20 Å². The average Bonchev–Trinajstić information content (AvgIpc) is 2.90. The van der Waals surface area contributed by atoms with Crippen LogP contribution in [0, 0.1) is 0 Å². The van der Waals surface area contributed by atoms with Crippen LogP contribution in [0.3, 0.4) is 0 Å². The summed E-state index contributed by atoms with van der Waals surface area (Å²) in [7, 11) is 0. The monoisotopic (exact) mass is 290 g/mol. The van der Waals surface area contributed by atoms with Gasteiger partial charge < -0.3 is 15.3 Å². The summed E-state index contributed by atoms with van der Waals surface area (Å²) in [5.74, 6) is 1.48. The predicted molar refractivity (Wildman–Crippen MR) is 82.5 cm³/mol. The van der Waals surface area contributed by atoms with Crippen LogP contribution < -0.4 is 10.2 Å². The van der Waals surface area contributed by atoms with Crippen LogP contribution in [-0.4, -0.2) is 51.0 Å². The molecule has 0 atom stereocenters. The van der Waals surface area contributed by atoms with E-state index in [1.165, 1.54) is 6.42 Å². The summed E-state index contributed by atoms with van der Waals surface area (Å²) in [6.45, 7) is 3.66. The molecule has 0 radical (unpaired) electrons. The quantitative estimate of drug-likeness (QED) is 0.716. The highest BCUT2D eigenvalue weighted by Crippen LogP contribution is 2.32. The van der Waals surface area contributed by atoms with Crippen molar-refractivity contribution < 1.29 is 5.11 Å². The van der Waals surface area contributed by atoms with E-state index >= 15 is 0 Å². The van der Waals surface area contributed by atoms with Gasteiger partial charge in [-0.3, -0.25) is 5.10 Å². The Labute approximate surface area is 123 Å². The number of aromatic amines is 1. The van der Waals surface area contributed by atoms with Gasteiger partial charge in [-0.1, -0.05) is 6.92 Å². The van der Waals surface area contributed by atoms with Crippen molar-refractivity contribution in [2.24, 2.45) is 0 Å². The second-order valence-corrected chi connectivity index (χ2v) is 5.43. The van der Waals surface area contributed by atoms with Crippen molar-refractivity contribution in [1.82, 2.24) is 20.2 Å². The number of aliphatic hydroxyl groups excluding tert-OH is 1. The number of hydrogen-bond acceptors (Lipinski definition) is 6. The number of rotatable bonds is 7. The lowest BCUT2D eigenvalue weighted by atomic mass is 9.91. The number of H-pyrrole nitrogens is 1. The Hall–Kier alpha value is -1.89. The fourth-order valence-corrected chi connectivity index (χ4v) is 2.62. The lowest BCUT2D eigenvalue weighted by Gasteiger charge is -2.38. The Morgan fingerprint density at radius 3 is 2.95 bits per heavy atom. The summed E-state index contributed by atoms with van der Waals surface area (Å²) in [5.41, 5.74) is 0.737. The summed E-state index contributed by atoms with van der Waals surface area (Å²) < 4.78 is 0. The Balaban J connectivity index is 1.98. The minimum Gasteiger partial charge on any atom is -0.395 e. The van der Waals surface area contributed by atoms with Crippen molar-refractivity contribution in [3.05, 3.63) is 6.20 Å². The molecule has 0 amide bonds. The molecule has 1 aliphatic rings. The molecule has 0 aliphatic heterocycles. The van der Waals surface area contributed by atoms with Gasteiger partial charge in [0, 0.05) is 19.1 Å². The fourth-order valence-electron chi connectivity index (χ4n) is 2.62. The van der Waals surface area contributed by atoms with E-state index in [0.29, 0.717) is 18.5 Å². The minimum atomic E-state index is 0.123. The standard InChI is InChI=1S/C14H22N6O/c1-2-6-15-14-17-12-11(9-16-19-12)13(18-14)20(7-8-21)10-4-3-5-10/h9-10,21H,2-8H2,1H3,(H2,15,16,17,18,19). The topological polar surface area (TPSA) is 90.0 Å². The number of aliphatic hydroxyl groups is 1. The van der Waals surface area contributed by atoms with Crippen LogP contribution in [0.1, 0.15) is 32.6 Å². The van der Waals surface area contributed by atoms with E-state index in [2.05, 4.69) is 37.3 Å². The van der Waals surface area contributed by atoms with Crippen LogP contribution in [0.4, 0.5) is 11.8 Å². The van der Waals surface area contributed by atoms with Crippen LogP contribution in [-0.2, 0) is 0 Å². The van der Waals surface area contributed by atoms with Crippen molar-refractivity contribution in [1.29, 1.82) is 0 Å². The first-order valence-electron chi connectivity index (χ1n) is 7.66. The molecule has 2 aromatic heterocycles. The number of fused-ring (bicyclic) bond motifs is 1. The van der Waals surface area contributed by atoms with Crippen LogP contribution in [0.2, 0.25) is 0 Å². The normalized spacial score (nSPS) is 15.1. The Morgan fingerprint density at radius 2 is 2.29 bits per heavy atom. The molecule has 7 heteroatoms. The van der Waals surface area contributed by atoms with E-state index in [4.69, 9.17) is 0 Å². The van der Waals surface area contributed by atoms with E-state index in [9.17, 15) is 5.11 Å². The Bertz CT molecular complexity index is 594. The summed E-state index contributed by atoms with van der Waals surface area (Å²) in [6, 6.07) is 0.462.